The Bertz CT molecular complexity index is 4960. The quantitative estimate of drug-likeness (QED) is 0.157. The lowest BCUT2D eigenvalue weighted by molar-refractivity contribution is 1.17. The summed E-state index contributed by atoms with van der Waals surface area (Å²) >= 11 is 0. The van der Waals surface area contributed by atoms with Crippen molar-refractivity contribution in [2.24, 2.45) is 0 Å². The van der Waals surface area contributed by atoms with Crippen molar-refractivity contribution in [3.05, 3.63) is 273 Å². The van der Waals surface area contributed by atoms with E-state index in [0.29, 0.717) is 0 Å². The summed E-state index contributed by atoms with van der Waals surface area (Å²) in [5.74, 6) is 0. The van der Waals surface area contributed by atoms with Crippen molar-refractivity contribution in [2.45, 2.75) is 0 Å². The summed E-state index contributed by atoms with van der Waals surface area (Å²) in [6.07, 6.45) is 1.90. The minimum Gasteiger partial charge on any atom is -0.309 e. The van der Waals surface area contributed by atoms with E-state index in [-0.39, 0.29) is 0 Å². The molecule has 0 fully saturated rings. The fourth-order valence-electron chi connectivity index (χ4n) is 12.3. The van der Waals surface area contributed by atoms with Gasteiger partial charge in [0, 0.05) is 66.6 Å². The predicted octanol–water partition coefficient (Wildman–Crippen LogP) is 18.5. The zero-order chi connectivity index (χ0) is 49.8. The minimum absolute atomic E-state index is 1.00. The zero-order valence-corrected chi connectivity index (χ0v) is 41.2. The smallest absolute Gasteiger partial charge is 0.0963 e. The molecule has 0 atom stereocenters. The van der Waals surface area contributed by atoms with Crippen LogP contribution in [0.4, 0.5) is 0 Å². The maximum atomic E-state index is 4.90. The second kappa shape index (κ2) is 16.7. The highest BCUT2D eigenvalue weighted by Gasteiger charge is 2.20. The minimum atomic E-state index is 1.00. The Morgan fingerprint density at radius 1 is 0.197 bits per heavy atom. The molecule has 5 aromatic heterocycles. The van der Waals surface area contributed by atoms with Gasteiger partial charge in [-0.05, 0) is 161 Å². The third-order valence-corrected chi connectivity index (χ3v) is 15.8. The topological polar surface area (TPSA) is 32.6 Å². The van der Waals surface area contributed by atoms with Crippen LogP contribution in [-0.2, 0) is 0 Å². The summed E-state index contributed by atoms with van der Waals surface area (Å²) < 4.78 is 9.53. The van der Waals surface area contributed by atoms with Crippen LogP contribution in [0.2, 0.25) is 0 Å². The molecule has 0 saturated carbocycles. The number of pyridine rings is 1. The molecule has 0 aliphatic carbocycles. The molecule has 16 aromatic rings. The predicted molar refractivity (Wildman–Crippen MR) is 318 cm³/mol. The molecule has 5 nitrogen and oxygen atoms in total. The van der Waals surface area contributed by atoms with E-state index in [1.54, 1.807) is 0 Å². The number of para-hydroxylation sites is 5. The van der Waals surface area contributed by atoms with Crippen LogP contribution in [0.15, 0.2) is 273 Å². The van der Waals surface area contributed by atoms with E-state index in [1.807, 2.05) is 12.3 Å². The molecule has 0 aliphatic heterocycles. The third kappa shape index (κ3) is 6.42. The Balaban J connectivity index is 0.775. The van der Waals surface area contributed by atoms with Gasteiger partial charge in [-0.3, -0.25) is 4.98 Å². The van der Waals surface area contributed by atoms with E-state index in [4.69, 9.17) is 4.98 Å². The molecular formula is C71H45N5. The lowest BCUT2D eigenvalue weighted by atomic mass is 10.00. The van der Waals surface area contributed by atoms with Gasteiger partial charge in [0.1, 0.15) is 0 Å². The van der Waals surface area contributed by atoms with Gasteiger partial charge in [-0.15, -0.1) is 0 Å². The molecule has 11 aromatic carbocycles. The van der Waals surface area contributed by atoms with Gasteiger partial charge in [0.05, 0.1) is 49.7 Å². The second-order valence-electron chi connectivity index (χ2n) is 20.0. The average molecular weight is 968 g/mol. The van der Waals surface area contributed by atoms with Gasteiger partial charge in [0.15, 0.2) is 0 Å². The Kier molecular flexibility index (Phi) is 9.27. The largest absolute Gasteiger partial charge is 0.309 e. The van der Waals surface area contributed by atoms with Crippen molar-refractivity contribution in [3.63, 3.8) is 0 Å². The fraction of sp³-hybridized carbons (Fsp3) is 0. The fourth-order valence-corrected chi connectivity index (χ4v) is 12.3. The molecule has 5 heteroatoms. The SMILES string of the molecule is c1ccc(-n2c3ccccc3c3cc(-c4ccc5c(c4)c4ccccc4n5-c4ccc(-c5ccc6c7cc(-c8ccc9c(c8)c8ncccc8n9-c8ccccc8)ccc7n(-c7ccccc7)c6c5)cc4)ccc32)cc1. The van der Waals surface area contributed by atoms with Crippen LogP contribution in [-0.4, -0.2) is 23.3 Å². The number of rotatable bonds is 7. The summed E-state index contributed by atoms with van der Waals surface area (Å²) in [7, 11) is 0. The number of benzene rings is 11. The molecule has 0 N–H and O–H groups in total. The van der Waals surface area contributed by atoms with Gasteiger partial charge in [-0.1, -0.05) is 140 Å². The van der Waals surface area contributed by atoms with Crippen LogP contribution in [0.25, 0.3) is 143 Å². The maximum absolute atomic E-state index is 4.90. The molecule has 16 rings (SSSR count). The van der Waals surface area contributed by atoms with E-state index in [2.05, 4.69) is 279 Å². The zero-order valence-electron chi connectivity index (χ0n) is 41.2. The first-order chi connectivity index (χ1) is 37.7. The van der Waals surface area contributed by atoms with Crippen LogP contribution in [0.5, 0.6) is 0 Å². The van der Waals surface area contributed by atoms with Crippen molar-refractivity contribution < 1.29 is 0 Å². The van der Waals surface area contributed by atoms with Gasteiger partial charge in [-0.2, -0.15) is 0 Å². The number of hydrogen-bond donors (Lipinski definition) is 0. The van der Waals surface area contributed by atoms with E-state index >= 15 is 0 Å². The highest BCUT2D eigenvalue weighted by Crippen LogP contribution is 2.42. The second-order valence-corrected chi connectivity index (χ2v) is 20.0. The van der Waals surface area contributed by atoms with Crippen LogP contribution in [0, 0.1) is 0 Å². The Morgan fingerprint density at radius 3 is 1.03 bits per heavy atom. The Labute approximate surface area is 437 Å². The standard InChI is InChI=1S/C71H45N5/c1-4-15-52(16-5-1)73-63-23-12-10-21-56(63)59-41-47(29-36-65(59)73)48-30-37-66-60(42-48)57-22-11-13-24-64(57)74(66)55-33-26-46(27-34-55)51-28-35-58-61-43-49(31-38-67(61)76(70(58)45-51)54-19-8-3-9-20-54)50-32-39-68-62(44-50)71-69(25-14-40-72-71)75(68)53-17-6-2-7-18-53/h1-45H. The molecule has 354 valence electrons. The van der Waals surface area contributed by atoms with Gasteiger partial charge >= 0.3 is 0 Å². The summed E-state index contributed by atoms with van der Waals surface area (Å²) in [5, 5.41) is 8.55. The molecule has 0 radical (unpaired) electrons. The van der Waals surface area contributed by atoms with Crippen molar-refractivity contribution >= 4 is 87.4 Å². The number of hydrogen-bond acceptors (Lipinski definition) is 1. The first-order valence-corrected chi connectivity index (χ1v) is 26.0. The molecule has 0 amide bonds. The van der Waals surface area contributed by atoms with Crippen LogP contribution < -0.4 is 0 Å². The summed E-state index contributed by atoms with van der Waals surface area (Å²) in [6.45, 7) is 0. The monoisotopic (exact) mass is 967 g/mol. The number of fused-ring (bicyclic) bond motifs is 12. The van der Waals surface area contributed by atoms with Gasteiger partial charge in [0.2, 0.25) is 0 Å². The maximum Gasteiger partial charge on any atom is 0.0963 e. The highest BCUT2D eigenvalue weighted by molar-refractivity contribution is 6.15. The Morgan fingerprint density at radius 2 is 0.526 bits per heavy atom. The third-order valence-electron chi connectivity index (χ3n) is 15.8. The number of nitrogens with zero attached hydrogens (tertiary/aromatic N) is 5. The van der Waals surface area contributed by atoms with Crippen molar-refractivity contribution in [2.75, 3.05) is 0 Å². The lowest BCUT2D eigenvalue weighted by Gasteiger charge is -2.11. The van der Waals surface area contributed by atoms with Crippen molar-refractivity contribution in [3.8, 4) is 56.1 Å². The lowest BCUT2D eigenvalue weighted by Crippen LogP contribution is -1.94. The number of aromatic nitrogens is 5. The normalized spacial score (nSPS) is 11.9. The molecule has 76 heavy (non-hydrogen) atoms. The molecule has 0 bridgehead atoms. The van der Waals surface area contributed by atoms with Crippen LogP contribution in [0.1, 0.15) is 0 Å². The van der Waals surface area contributed by atoms with Crippen molar-refractivity contribution in [1.29, 1.82) is 0 Å². The molecular weight excluding hydrogens is 923 g/mol. The highest BCUT2D eigenvalue weighted by atomic mass is 15.0. The van der Waals surface area contributed by atoms with Crippen LogP contribution >= 0.6 is 0 Å². The first-order valence-electron chi connectivity index (χ1n) is 26.0. The van der Waals surface area contributed by atoms with E-state index in [0.717, 1.165) is 44.6 Å². The molecule has 0 aliphatic rings. The molecule has 0 unspecified atom stereocenters. The van der Waals surface area contributed by atoms with Crippen molar-refractivity contribution in [1.82, 2.24) is 23.3 Å². The first kappa shape index (κ1) is 42.3. The summed E-state index contributed by atoms with van der Waals surface area (Å²) in [5.41, 5.74) is 22.0. The molecule has 5 heterocycles. The summed E-state index contributed by atoms with van der Waals surface area (Å²) in [6, 6.07) is 97.5. The van der Waals surface area contributed by atoms with Gasteiger partial charge < -0.3 is 18.3 Å². The van der Waals surface area contributed by atoms with E-state index < -0.39 is 0 Å². The van der Waals surface area contributed by atoms with Gasteiger partial charge in [-0.25, -0.2) is 0 Å². The Hall–Kier alpha value is -10.2. The van der Waals surface area contributed by atoms with E-state index in [1.165, 1.54) is 98.9 Å². The van der Waals surface area contributed by atoms with E-state index in [9.17, 15) is 0 Å². The molecule has 0 spiro atoms. The average Bonchev–Trinajstić information content (AvgIpc) is 4.22. The summed E-state index contributed by atoms with van der Waals surface area (Å²) in [4.78, 5) is 4.90. The van der Waals surface area contributed by atoms with Crippen LogP contribution in [0.3, 0.4) is 0 Å². The molecule has 0 saturated heterocycles. The van der Waals surface area contributed by atoms with Gasteiger partial charge in [0.25, 0.3) is 0 Å².